The number of hydrogen-bond acceptors (Lipinski definition) is 3. The highest BCUT2D eigenvalue weighted by atomic mass is 16.2. The molecule has 3 aromatic rings. The summed E-state index contributed by atoms with van der Waals surface area (Å²) in [6.07, 6.45) is 3.15. The Bertz CT molecular complexity index is 987. The Hall–Kier alpha value is -3.15. The highest BCUT2D eigenvalue weighted by Gasteiger charge is 2.25. The predicted octanol–water partition coefficient (Wildman–Crippen LogP) is 2.91. The van der Waals surface area contributed by atoms with Crippen molar-refractivity contribution in [3.63, 3.8) is 0 Å². The molecule has 0 spiro atoms. The van der Waals surface area contributed by atoms with E-state index < -0.39 is 0 Å². The van der Waals surface area contributed by atoms with E-state index in [0.29, 0.717) is 24.2 Å². The minimum atomic E-state index is -0.0480. The van der Waals surface area contributed by atoms with Crippen LogP contribution < -0.4 is 5.32 Å². The number of carbonyl (C=O) groups is 2. The molecule has 0 aliphatic carbocycles. The third-order valence-corrected chi connectivity index (χ3v) is 5.06. The standard InChI is InChI=1S/C21H22N4O2/c1-14-3-2-4-15(11-14)20(26)24-17-7-9-25(10-8-17)21(27)16-5-6-18-19(12-16)23-13-22-18/h2-6,11-13,17H,7-10H2,1H3,(H,22,23)(H,24,26). The first-order valence-electron chi connectivity index (χ1n) is 9.20. The van der Waals surface area contributed by atoms with Crippen LogP contribution in [0.1, 0.15) is 39.1 Å². The normalized spacial score (nSPS) is 15.1. The van der Waals surface area contributed by atoms with Crippen molar-refractivity contribution in [2.24, 2.45) is 0 Å². The third-order valence-electron chi connectivity index (χ3n) is 5.06. The maximum atomic E-state index is 12.8. The molecule has 0 unspecified atom stereocenters. The van der Waals surface area contributed by atoms with E-state index in [1.54, 1.807) is 6.33 Å². The van der Waals surface area contributed by atoms with E-state index in [1.807, 2.05) is 54.3 Å². The van der Waals surface area contributed by atoms with E-state index in [1.165, 1.54) is 0 Å². The second-order valence-electron chi connectivity index (χ2n) is 7.04. The van der Waals surface area contributed by atoms with E-state index in [2.05, 4.69) is 15.3 Å². The number of nitrogens with zero attached hydrogens (tertiary/aromatic N) is 2. The van der Waals surface area contributed by atoms with Crippen LogP contribution in [0.15, 0.2) is 48.8 Å². The molecular weight excluding hydrogens is 340 g/mol. The van der Waals surface area contributed by atoms with Gasteiger partial charge < -0.3 is 15.2 Å². The predicted molar refractivity (Wildman–Crippen MR) is 104 cm³/mol. The van der Waals surface area contributed by atoms with Crippen LogP contribution in [0.5, 0.6) is 0 Å². The summed E-state index contributed by atoms with van der Waals surface area (Å²) in [7, 11) is 0. The molecule has 6 nitrogen and oxygen atoms in total. The average molecular weight is 362 g/mol. The molecule has 2 aromatic carbocycles. The Labute approximate surface area is 157 Å². The van der Waals surface area contributed by atoms with Crippen LogP contribution in [-0.2, 0) is 0 Å². The number of hydrogen-bond donors (Lipinski definition) is 2. The zero-order valence-electron chi connectivity index (χ0n) is 15.2. The molecule has 0 saturated carbocycles. The van der Waals surface area contributed by atoms with Crippen LogP contribution in [0.4, 0.5) is 0 Å². The first kappa shape index (κ1) is 17.3. The van der Waals surface area contributed by atoms with Gasteiger partial charge in [0.2, 0.25) is 0 Å². The highest BCUT2D eigenvalue weighted by molar-refractivity contribution is 5.97. The molecule has 1 aliphatic rings. The number of nitrogens with one attached hydrogen (secondary N) is 2. The second-order valence-corrected chi connectivity index (χ2v) is 7.04. The van der Waals surface area contributed by atoms with Gasteiger partial charge in [0.05, 0.1) is 17.4 Å². The first-order chi connectivity index (χ1) is 13.1. The number of aryl methyl sites for hydroxylation is 1. The van der Waals surface area contributed by atoms with Crippen LogP contribution in [0.25, 0.3) is 11.0 Å². The van der Waals surface area contributed by atoms with Crippen LogP contribution in [0, 0.1) is 6.92 Å². The number of fused-ring (bicyclic) bond motifs is 1. The van der Waals surface area contributed by atoms with E-state index in [0.717, 1.165) is 29.4 Å². The highest BCUT2D eigenvalue weighted by Crippen LogP contribution is 2.17. The smallest absolute Gasteiger partial charge is 0.253 e. The molecule has 1 fully saturated rings. The maximum Gasteiger partial charge on any atom is 0.253 e. The van der Waals surface area contributed by atoms with Crippen molar-refractivity contribution in [2.45, 2.75) is 25.8 Å². The Morgan fingerprint density at radius 2 is 1.93 bits per heavy atom. The Morgan fingerprint density at radius 3 is 2.70 bits per heavy atom. The molecule has 0 atom stereocenters. The molecule has 2 N–H and O–H groups in total. The number of likely N-dealkylation sites (tertiary alicyclic amines) is 1. The van der Waals surface area contributed by atoms with Crippen molar-refractivity contribution in [3.05, 3.63) is 65.5 Å². The molecule has 27 heavy (non-hydrogen) atoms. The third kappa shape index (κ3) is 3.69. The van der Waals surface area contributed by atoms with Gasteiger partial charge in [-0.1, -0.05) is 17.7 Å². The number of piperidine rings is 1. The molecule has 6 heteroatoms. The molecule has 2 heterocycles. The molecule has 0 bridgehead atoms. The second kappa shape index (κ2) is 7.23. The van der Waals surface area contributed by atoms with Crippen LogP contribution in [0.3, 0.4) is 0 Å². The van der Waals surface area contributed by atoms with Crippen LogP contribution >= 0.6 is 0 Å². The van der Waals surface area contributed by atoms with Gasteiger partial charge >= 0.3 is 0 Å². The largest absolute Gasteiger partial charge is 0.349 e. The monoisotopic (exact) mass is 362 g/mol. The van der Waals surface area contributed by atoms with Crippen molar-refractivity contribution in [1.82, 2.24) is 20.2 Å². The van der Waals surface area contributed by atoms with Gasteiger partial charge in [0.25, 0.3) is 11.8 Å². The molecule has 2 amide bonds. The zero-order valence-corrected chi connectivity index (χ0v) is 15.2. The number of benzene rings is 2. The van der Waals surface area contributed by atoms with E-state index in [4.69, 9.17) is 0 Å². The van der Waals surface area contributed by atoms with E-state index >= 15 is 0 Å². The summed E-state index contributed by atoms with van der Waals surface area (Å²) in [4.78, 5) is 34.2. The van der Waals surface area contributed by atoms with Crippen LogP contribution in [0.2, 0.25) is 0 Å². The number of aromatic amines is 1. The van der Waals surface area contributed by atoms with Gasteiger partial charge in [-0.3, -0.25) is 9.59 Å². The van der Waals surface area contributed by atoms with Crippen molar-refractivity contribution >= 4 is 22.8 Å². The summed E-state index contributed by atoms with van der Waals surface area (Å²) >= 11 is 0. The molecule has 138 valence electrons. The van der Waals surface area contributed by atoms with Crippen molar-refractivity contribution < 1.29 is 9.59 Å². The lowest BCUT2D eigenvalue weighted by Crippen LogP contribution is -2.46. The van der Waals surface area contributed by atoms with Gasteiger partial charge in [-0.05, 0) is 50.1 Å². The van der Waals surface area contributed by atoms with Gasteiger partial charge in [0.1, 0.15) is 0 Å². The summed E-state index contributed by atoms with van der Waals surface area (Å²) in [6, 6.07) is 13.2. The molecule has 4 rings (SSSR count). The van der Waals surface area contributed by atoms with Crippen LogP contribution in [-0.4, -0.2) is 45.8 Å². The maximum absolute atomic E-state index is 12.8. The number of rotatable bonds is 3. The fourth-order valence-corrected chi connectivity index (χ4v) is 3.53. The van der Waals surface area contributed by atoms with Crippen molar-refractivity contribution in [3.8, 4) is 0 Å². The molecular formula is C21H22N4O2. The summed E-state index contributed by atoms with van der Waals surface area (Å²) in [5.74, 6) is -0.0249. The van der Waals surface area contributed by atoms with E-state index in [-0.39, 0.29) is 17.9 Å². The minimum Gasteiger partial charge on any atom is -0.349 e. The first-order valence-corrected chi connectivity index (χ1v) is 9.20. The summed E-state index contributed by atoms with van der Waals surface area (Å²) in [6.45, 7) is 3.25. The number of carbonyl (C=O) groups excluding carboxylic acids is 2. The summed E-state index contributed by atoms with van der Waals surface area (Å²) < 4.78 is 0. The fraction of sp³-hybridized carbons (Fsp3) is 0.286. The molecule has 1 aliphatic heterocycles. The summed E-state index contributed by atoms with van der Waals surface area (Å²) in [5, 5.41) is 3.09. The number of aromatic nitrogens is 2. The Balaban J connectivity index is 1.35. The number of amides is 2. The number of imidazole rings is 1. The molecule has 0 radical (unpaired) electrons. The zero-order chi connectivity index (χ0) is 18.8. The fourth-order valence-electron chi connectivity index (χ4n) is 3.53. The average Bonchev–Trinajstić information content (AvgIpc) is 3.16. The van der Waals surface area contributed by atoms with Gasteiger partial charge in [0.15, 0.2) is 0 Å². The minimum absolute atomic E-state index is 0.0231. The van der Waals surface area contributed by atoms with Gasteiger partial charge in [-0.2, -0.15) is 0 Å². The molecule has 1 saturated heterocycles. The number of H-pyrrole nitrogens is 1. The van der Waals surface area contributed by atoms with E-state index in [9.17, 15) is 9.59 Å². The Morgan fingerprint density at radius 1 is 1.11 bits per heavy atom. The topological polar surface area (TPSA) is 78.1 Å². The van der Waals surface area contributed by atoms with Gasteiger partial charge in [-0.25, -0.2) is 4.98 Å². The lowest BCUT2D eigenvalue weighted by Gasteiger charge is -2.32. The van der Waals surface area contributed by atoms with Gasteiger partial charge in [0, 0.05) is 30.3 Å². The van der Waals surface area contributed by atoms with Gasteiger partial charge in [-0.15, -0.1) is 0 Å². The van der Waals surface area contributed by atoms with Crippen molar-refractivity contribution in [1.29, 1.82) is 0 Å². The molecule has 1 aromatic heterocycles. The lowest BCUT2D eigenvalue weighted by molar-refractivity contribution is 0.0698. The summed E-state index contributed by atoms with van der Waals surface area (Å²) in [5.41, 5.74) is 4.12. The SMILES string of the molecule is Cc1cccc(C(=O)NC2CCN(C(=O)c3ccc4nc[nH]c4c3)CC2)c1. The quantitative estimate of drug-likeness (QED) is 0.752. The van der Waals surface area contributed by atoms with Crippen molar-refractivity contribution in [2.75, 3.05) is 13.1 Å². The Kier molecular flexibility index (Phi) is 4.62. The lowest BCUT2D eigenvalue weighted by atomic mass is 10.0.